The number of carbonyl (C=O) groups excluding carboxylic acids is 1. The molecule has 1 aliphatic carbocycles. The van der Waals surface area contributed by atoms with E-state index >= 15 is 0 Å². The van der Waals surface area contributed by atoms with Crippen molar-refractivity contribution in [2.75, 3.05) is 6.54 Å². The van der Waals surface area contributed by atoms with Crippen LogP contribution < -0.4 is 5.32 Å². The van der Waals surface area contributed by atoms with Gasteiger partial charge in [0.15, 0.2) is 0 Å². The van der Waals surface area contributed by atoms with Gasteiger partial charge in [-0.05, 0) is 62.6 Å². The summed E-state index contributed by atoms with van der Waals surface area (Å²) in [4.78, 5) is 18.7. The maximum absolute atomic E-state index is 13.1. The Labute approximate surface area is 166 Å². The standard InChI is InChI=1S/C20H21FN6O2/c21-13-3-7-16(8-4-13)27-11-9-15(24-27)12-26-10-1-2-17(26)20-23-18(25-29-20)19(28)22-14-5-6-14/h3-4,7-9,11,14,17H,1-2,5-6,10,12H2,(H,22,28). The minimum atomic E-state index is -0.273. The van der Waals surface area contributed by atoms with E-state index in [1.165, 1.54) is 12.1 Å². The summed E-state index contributed by atoms with van der Waals surface area (Å²) in [5.74, 6) is 0.0246. The van der Waals surface area contributed by atoms with Gasteiger partial charge in [0, 0.05) is 18.8 Å². The van der Waals surface area contributed by atoms with Crippen LogP contribution in [0.15, 0.2) is 41.1 Å². The number of nitrogens with zero attached hydrogens (tertiary/aromatic N) is 5. The van der Waals surface area contributed by atoms with Gasteiger partial charge in [-0.25, -0.2) is 9.07 Å². The summed E-state index contributed by atoms with van der Waals surface area (Å²) in [7, 11) is 0. The van der Waals surface area contributed by atoms with E-state index in [4.69, 9.17) is 4.52 Å². The van der Waals surface area contributed by atoms with Crippen LogP contribution in [-0.4, -0.2) is 43.3 Å². The molecule has 2 fully saturated rings. The van der Waals surface area contributed by atoms with Gasteiger partial charge in [-0.3, -0.25) is 9.69 Å². The highest BCUT2D eigenvalue weighted by atomic mass is 19.1. The van der Waals surface area contributed by atoms with Crippen molar-refractivity contribution < 1.29 is 13.7 Å². The van der Waals surface area contributed by atoms with E-state index in [0.717, 1.165) is 43.6 Å². The third-order valence-electron chi connectivity index (χ3n) is 5.31. The molecule has 1 unspecified atom stereocenters. The topological polar surface area (TPSA) is 89.1 Å². The summed E-state index contributed by atoms with van der Waals surface area (Å²) in [5, 5.41) is 11.3. The number of hydrogen-bond donors (Lipinski definition) is 1. The summed E-state index contributed by atoms with van der Waals surface area (Å²) in [6.45, 7) is 1.52. The first-order chi connectivity index (χ1) is 14.2. The minimum Gasteiger partial charge on any atom is -0.346 e. The van der Waals surface area contributed by atoms with E-state index in [9.17, 15) is 9.18 Å². The van der Waals surface area contributed by atoms with Crippen molar-refractivity contribution in [3.8, 4) is 5.69 Å². The van der Waals surface area contributed by atoms with Gasteiger partial charge in [0.2, 0.25) is 5.89 Å². The number of carbonyl (C=O) groups is 1. The molecule has 9 heteroatoms. The fourth-order valence-electron chi connectivity index (χ4n) is 3.63. The van der Waals surface area contributed by atoms with Crippen LogP contribution in [0.2, 0.25) is 0 Å². The molecule has 0 radical (unpaired) electrons. The largest absolute Gasteiger partial charge is 0.346 e. The Morgan fingerprint density at radius 1 is 1.21 bits per heavy atom. The summed E-state index contributed by atoms with van der Waals surface area (Å²) in [5.41, 5.74) is 1.70. The third-order valence-corrected chi connectivity index (χ3v) is 5.31. The van der Waals surface area contributed by atoms with Gasteiger partial charge in [0.1, 0.15) is 5.82 Å². The van der Waals surface area contributed by atoms with E-state index < -0.39 is 0 Å². The van der Waals surface area contributed by atoms with E-state index in [1.807, 2.05) is 12.3 Å². The Morgan fingerprint density at radius 2 is 2.03 bits per heavy atom. The normalized spacial score (nSPS) is 19.6. The lowest BCUT2D eigenvalue weighted by molar-refractivity contribution is 0.0937. The maximum atomic E-state index is 13.1. The van der Waals surface area contributed by atoms with E-state index in [2.05, 4.69) is 25.5 Å². The van der Waals surface area contributed by atoms with Crippen LogP contribution in [0.25, 0.3) is 5.69 Å². The summed E-state index contributed by atoms with van der Waals surface area (Å²) >= 11 is 0. The molecule has 1 amide bonds. The summed E-state index contributed by atoms with van der Waals surface area (Å²) in [6, 6.07) is 8.39. The molecule has 8 nitrogen and oxygen atoms in total. The quantitative estimate of drug-likeness (QED) is 0.689. The fourth-order valence-corrected chi connectivity index (χ4v) is 3.63. The van der Waals surface area contributed by atoms with Crippen molar-refractivity contribution in [2.45, 2.75) is 44.3 Å². The Morgan fingerprint density at radius 3 is 2.83 bits per heavy atom. The van der Waals surface area contributed by atoms with E-state index in [1.54, 1.807) is 16.8 Å². The molecule has 1 atom stereocenters. The second kappa shape index (κ2) is 7.40. The molecular weight excluding hydrogens is 375 g/mol. The second-order valence-corrected chi connectivity index (χ2v) is 7.56. The molecule has 150 valence electrons. The molecular formula is C20H21FN6O2. The van der Waals surface area contributed by atoms with Gasteiger partial charge in [-0.15, -0.1) is 0 Å². The molecule has 1 aromatic carbocycles. The zero-order valence-electron chi connectivity index (χ0n) is 15.8. The first kappa shape index (κ1) is 18.0. The van der Waals surface area contributed by atoms with Crippen molar-refractivity contribution in [3.63, 3.8) is 0 Å². The maximum Gasteiger partial charge on any atom is 0.292 e. The molecule has 1 N–H and O–H groups in total. The number of aromatic nitrogens is 4. The fraction of sp³-hybridized carbons (Fsp3) is 0.400. The van der Waals surface area contributed by atoms with Gasteiger partial charge in [-0.1, -0.05) is 5.16 Å². The lowest BCUT2D eigenvalue weighted by Gasteiger charge is -2.20. The Balaban J connectivity index is 1.27. The van der Waals surface area contributed by atoms with Crippen molar-refractivity contribution in [1.29, 1.82) is 0 Å². The molecule has 0 bridgehead atoms. The van der Waals surface area contributed by atoms with Crippen LogP contribution in [0, 0.1) is 5.82 Å². The molecule has 5 rings (SSSR count). The Hall–Kier alpha value is -3.07. The van der Waals surface area contributed by atoms with Gasteiger partial charge < -0.3 is 9.84 Å². The minimum absolute atomic E-state index is 0.0269. The summed E-state index contributed by atoms with van der Waals surface area (Å²) in [6.07, 6.45) is 5.79. The van der Waals surface area contributed by atoms with Crippen LogP contribution in [0.3, 0.4) is 0 Å². The Bertz CT molecular complexity index is 1010. The summed E-state index contributed by atoms with van der Waals surface area (Å²) < 4.78 is 20.2. The molecule has 2 aliphatic rings. The molecule has 29 heavy (non-hydrogen) atoms. The number of rotatable bonds is 6. The average molecular weight is 396 g/mol. The average Bonchev–Trinajstić information content (AvgIpc) is 3.14. The molecule has 2 aromatic heterocycles. The predicted molar refractivity (Wildman–Crippen MR) is 101 cm³/mol. The van der Waals surface area contributed by atoms with Gasteiger partial charge in [-0.2, -0.15) is 10.1 Å². The van der Waals surface area contributed by atoms with Crippen LogP contribution in [0.5, 0.6) is 0 Å². The Kier molecular flexibility index (Phi) is 4.59. The third kappa shape index (κ3) is 3.91. The lowest BCUT2D eigenvalue weighted by atomic mass is 10.2. The number of hydrogen-bond acceptors (Lipinski definition) is 6. The lowest BCUT2D eigenvalue weighted by Crippen LogP contribution is -2.27. The molecule has 1 saturated carbocycles. The van der Waals surface area contributed by atoms with Crippen molar-refractivity contribution in [3.05, 3.63) is 59.8 Å². The van der Waals surface area contributed by atoms with Crippen molar-refractivity contribution in [2.24, 2.45) is 0 Å². The number of likely N-dealkylation sites (tertiary alicyclic amines) is 1. The first-order valence-electron chi connectivity index (χ1n) is 9.85. The number of amides is 1. The molecule has 0 spiro atoms. The van der Waals surface area contributed by atoms with Crippen LogP contribution in [0.4, 0.5) is 4.39 Å². The highest BCUT2D eigenvalue weighted by molar-refractivity contribution is 5.90. The highest BCUT2D eigenvalue weighted by Crippen LogP contribution is 2.32. The smallest absolute Gasteiger partial charge is 0.292 e. The second-order valence-electron chi connectivity index (χ2n) is 7.56. The highest BCUT2D eigenvalue weighted by Gasteiger charge is 2.33. The zero-order chi connectivity index (χ0) is 19.8. The molecule has 3 aromatic rings. The van der Waals surface area contributed by atoms with Crippen molar-refractivity contribution in [1.82, 2.24) is 30.1 Å². The van der Waals surface area contributed by atoms with E-state index in [-0.39, 0.29) is 29.6 Å². The monoisotopic (exact) mass is 396 g/mol. The zero-order valence-corrected chi connectivity index (χ0v) is 15.8. The van der Waals surface area contributed by atoms with E-state index in [0.29, 0.717) is 12.4 Å². The number of benzene rings is 1. The van der Waals surface area contributed by atoms with Crippen LogP contribution >= 0.6 is 0 Å². The van der Waals surface area contributed by atoms with Gasteiger partial charge in [0.05, 0.1) is 17.4 Å². The van der Waals surface area contributed by atoms with Crippen molar-refractivity contribution >= 4 is 5.91 Å². The van der Waals surface area contributed by atoms with Gasteiger partial charge >= 0.3 is 0 Å². The number of nitrogens with one attached hydrogen (secondary N) is 1. The molecule has 1 saturated heterocycles. The predicted octanol–water partition coefficient (Wildman–Crippen LogP) is 2.62. The molecule has 1 aliphatic heterocycles. The first-order valence-corrected chi connectivity index (χ1v) is 9.85. The SMILES string of the molecule is O=C(NC1CC1)c1noc(C2CCCN2Cc2ccn(-c3ccc(F)cc3)n2)n1. The van der Waals surface area contributed by atoms with Crippen LogP contribution in [0.1, 0.15) is 53.9 Å². The van der Waals surface area contributed by atoms with Crippen LogP contribution in [-0.2, 0) is 6.54 Å². The molecule has 3 heterocycles. The number of halogens is 1. The van der Waals surface area contributed by atoms with Gasteiger partial charge in [0.25, 0.3) is 11.7 Å².